The molecule has 0 bridgehead atoms. The molecule has 0 radical (unpaired) electrons. The number of benzene rings is 2. The van der Waals surface area contributed by atoms with Gasteiger partial charge < -0.3 is 9.73 Å². The molecule has 1 aromatic heterocycles. The third kappa shape index (κ3) is 5.37. The van der Waals surface area contributed by atoms with E-state index in [0.29, 0.717) is 22.5 Å². The molecule has 2 atom stereocenters. The van der Waals surface area contributed by atoms with Gasteiger partial charge in [0.25, 0.3) is 5.91 Å². The Hall–Kier alpha value is -2.60. The first kappa shape index (κ1) is 23.1. The van der Waals surface area contributed by atoms with E-state index in [1.54, 1.807) is 24.3 Å². The van der Waals surface area contributed by atoms with Crippen molar-refractivity contribution in [2.75, 3.05) is 6.26 Å². The van der Waals surface area contributed by atoms with Gasteiger partial charge in [-0.15, -0.1) is 0 Å². The maximum Gasteiger partial charge on any atom is 0.287 e. The normalized spacial score (nSPS) is 14.0. The molecule has 0 saturated heterocycles. The highest BCUT2D eigenvalue weighted by molar-refractivity contribution is 7.89. The predicted octanol–water partition coefficient (Wildman–Crippen LogP) is 5.62. The second-order valence-corrected chi connectivity index (χ2v) is 10.8. The summed E-state index contributed by atoms with van der Waals surface area (Å²) in [6, 6.07) is 15.2. The Labute approximate surface area is 184 Å². The maximum atomic E-state index is 13.2. The molecule has 0 aliphatic carbocycles. The quantitative estimate of drug-likeness (QED) is 0.492. The van der Waals surface area contributed by atoms with Crippen LogP contribution in [0.2, 0.25) is 0 Å². The van der Waals surface area contributed by atoms with Crippen LogP contribution in [0.1, 0.15) is 73.3 Å². The molecule has 166 valence electrons. The summed E-state index contributed by atoms with van der Waals surface area (Å²) in [4.78, 5) is 13.2. The van der Waals surface area contributed by atoms with Crippen LogP contribution in [-0.4, -0.2) is 20.6 Å². The van der Waals surface area contributed by atoms with Gasteiger partial charge in [0.15, 0.2) is 15.6 Å². The Balaban J connectivity index is 1.94. The first-order valence-corrected chi connectivity index (χ1v) is 12.8. The third-order valence-electron chi connectivity index (χ3n) is 5.74. The molecule has 3 rings (SSSR count). The maximum absolute atomic E-state index is 13.2. The van der Waals surface area contributed by atoms with Gasteiger partial charge in [-0.05, 0) is 35.4 Å². The molecule has 0 spiro atoms. The van der Waals surface area contributed by atoms with Gasteiger partial charge in [-0.2, -0.15) is 0 Å². The van der Waals surface area contributed by atoms with Crippen molar-refractivity contribution in [3.05, 3.63) is 71.0 Å². The van der Waals surface area contributed by atoms with Crippen molar-refractivity contribution in [2.45, 2.75) is 51.8 Å². The smallest absolute Gasteiger partial charge is 0.287 e. The van der Waals surface area contributed by atoms with Gasteiger partial charge in [0.2, 0.25) is 0 Å². The second kappa shape index (κ2) is 9.27. The van der Waals surface area contributed by atoms with Crippen molar-refractivity contribution in [1.82, 2.24) is 5.32 Å². The lowest BCUT2D eigenvalue weighted by molar-refractivity contribution is 0.0898. The number of para-hydroxylation sites is 1. The van der Waals surface area contributed by atoms with Gasteiger partial charge in [-0.3, -0.25) is 4.79 Å². The lowest BCUT2D eigenvalue weighted by atomic mass is 9.92. The summed E-state index contributed by atoms with van der Waals surface area (Å²) in [5.41, 5.74) is 3.19. The molecule has 2 aromatic carbocycles. The Kier molecular flexibility index (Phi) is 6.90. The average Bonchev–Trinajstić information content (AvgIpc) is 3.08. The van der Waals surface area contributed by atoms with E-state index in [9.17, 15) is 13.2 Å². The fourth-order valence-corrected chi connectivity index (χ4v) is 4.61. The van der Waals surface area contributed by atoms with Crippen LogP contribution in [0.4, 0.5) is 0 Å². The summed E-state index contributed by atoms with van der Waals surface area (Å²) in [5, 5.41) is 3.72. The van der Waals surface area contributed by atoms with Crippen LogP contribution < -0.4 is 5.32 Å². The Morgan fingerprint density at radius 3 is 2.19 bits per heavy atom. The van der Waals surface area contributed by atoms with Crippen LogP contribution >= 0.6 is 0 Å². The highest BCUT2D eigenvalue weighted by atomic mass is 32.2. The van der Waals surface area contributed by atoms with Crippen LogP contribution in [0.25, 0.3) is 11.0 Å². The predicted molar refractivity (Wildman–Crippen MR) is 125 cm³/mol. The molecule has 0 saturated carbocycles. The Morgan fingerprint density at radius 1 is 1.00 bits per heavy atom. The van der Waals surface area contributed by atoms with E-state index in [-0.39, 0.29) is 23.5 Å². The first-order chi connectivity index (χ1) is 14.6. The highest BCUT2D eigenvalue weighted by Crippen LogP contribution is 2.30. The van der Waals surface area contributed by atoms with E-state index in [2.05, 4.69) is 43.4 Å². The zero-order valence-corrected chi connectivity index (χ0v) is 19.6. The summed E-state index contributed by atoms with van der Waals surface area (Å²) in [7, 11) is -3.35. The van der Waals surface area contributed by atoms with Crippen molar-refractivity contribution in [2.24, 2.45) is 5.92 Å². The van der Waals surface area contributed by atoms with Crippen molar-refractivity contribution in [1.29, 1.82) is 0 Å². The monoisotopic (exact) mass is 441 g/mol. The largest absolute Gasteiger partial charge is 0.451 e. The first-order valence-electron chi connectivity index (χ1n) is 10.7. The molecule has 6 heteroatoms. The number of fused-ring (bicyclic) bond motifs is 1. The fourth-order valence-electron chi connectivity index (χ4n) is 3.80. The summed E-state index contributed by atoms with van der Waals surface area (Å²) < 4.78 is 29.8. The van der Waals surface area contributed by atoms with Crippen molar-refractivity contribution in [3.63, 3.8) is 0 Å². The van der Waals surface area contributed by atoms with E-state index in [1.807, 2.05) is 13.8 Å². The summed E-state index contributed by atoms with van der Waals surface area (Å²) >= 11 is 0. The molecule has 31 heavy (non-hydrogen) atoms. The minimum absolute atomic E-state index is 0.0634. The number of hydrogen-bond acceptors (Lipinski definition) is 4. The van der Waals surface area contributed by atoms with E-state index in [1.165, 1.54) is 5.56 Å². The average molecular weight is 442 g/mol. The van der Waals surface area contributed by atoms with Gasteiger partial charge >= 0.3 is 0 Å². The van der Waals surface area contributed by atoms with E-state index < -0.39 is 15.7 Å². The molecule has 1 N–H and O–H groups in total. The number of carbonyl (C=O) groups is 1. The molecule has 0 aliphatic rings. The molecular weight excluding hydrogens is 410 g/mol. The Morgan fingerprint density at radius 2 is 1.61 bits per heavy atom. The number of sulfone groups is 1. The van der Waals surface area contributed by atoms with Crippen molar-refractivity contribution < 1.29 is 17.6 Å². The number of hydrogen-bond donors (Lipinski definition) is 1. The van der Waals surface area contributed by atoms with Crippen LogP contribution in [0, 0.1) is 5.92 Å². The molecule has 0 fully saturated rings. The number of rotatable bonds is 8. The standard InChI is InChI=1S/C25H31NO4S/c1-6-17(4)18-11-13-19(14-12-18)23(16(2)3)26-25(27)24-21(15-31(5,28)29)20-9-7-8-10-22(20)30-24/h7-14,16-17,23H,6,15H2,1-5H3,(H,26,27). The van der Waals surface area contributed by atoms with Crippen LogP contribution in [-0.2, 0) is 15.6 Å². The number of amides is 1. The lowest BCUT2D eigenvalue weighted by Gasteiger charge is -2.23. The topological polar surface area (TPSA) is 76.4 Å². The van der Waals surface area contributed by atoms with Gasteiger partial charge in [0.05, 0.1) is 11.8 Å². The van der Waals surface area contributed by atoms with Crippen molar-refractivity contribution in [3.8, 4) is 0 Å². The Bertz CT molecular complexity index is 1160. The molecule has 1 amide bonds. The molecule has 3 aromatic rings. The van der Waals surface area contributed by atoms with Gasteiger partial charge in [0.1, 0.15) is 5.58 Å². The molecule has 0 aliphatic heterocycles. The van der Waals surface area contributed by atoms with Gasteiger partial charge in [-0.1, -0.05) is 70.2 Å². The lowest BCUT2D eigenvalue weighted by Crippen LogP contribution is -2.32. The molecule has 5 nitrogen and oxygen atoms in total. The molecule has 2 unspecified atom stereocenters. The van der Waals surface area contributed by atoms with Crippen LogP contribution in [0.3, 0.4) is 0 Å². The van der Waals surface area contributed by atoms with E-state index in [4.69, 9.17) is 4.42 Å². The second-order valence-electron chi connectivity index (χ2n) is 8.65. The molecular formula is C25H31NO4S. The van der Waals surface area contributed by atoms with Crippen molar-refractivity contribution >= 4 is 26.7 Å². The SMILES string of the molecule is CCC(C)c1ccc(C(NC(=O)c2oc3ccccc3c2CS(C)(=O)=O)C(C)C)cc1. The van der Waals surface area contributed by atoms with Crippen LogP contribution in [0.15, 0.2) is 52.9 Å². The summed E-state index contributed by atoms with van der Waals surface area (Å²) in [6.07, 6.45) is 2.23. The minimum atomic E-state index is -3.35. The highest BCUT2D eigenvalue weighted by Gasteiger charge is 2.26. The van der Waals surface area contributed by atoms with Gasteiger partial charge in [0, 0.05) is 17.2 Å². The van der Waals surface area contributed by atoms with E-state index in [0.717, 1.165) is 18.2 Å². The molecule has 1 heterocycles. The minimum Gasteiger partial charge on any atom is -0.451 e. The number of nitrogens with one attached hydrogen (secondary N) is 1. The fraction of sp³-hybridized carbons (Fsp3) is 0.400. The zero-order valence-electron chi connectivity index (χ0n) is 18.8. The van der Waals surface area contributed by atoms with Gasteiger partial charge in [-0.25, -0.2) is 8.42 Å². The number of furan rings is 1. The third-order valence-corrected chi connectivity index (χ3v) is 6.55. The summed E-state index contributed by atoms with van der Waals surface area (Å²) in [6.45, 7) is 8.45. The van der Waals surface area contributed by atoms with E-state index >= 15 is 0 Å². The van der Waals surface area contributed by atoms with Crippen LogP contribution in [0.5, 0.6) is 0 Å². The number of carbonyl (C=O) groups excluding carboxylic acids is 1. The zero-order chi connectivity index (χ0) is 22.8. The summed E-state index contributed by atoms with van der Waals surface area (Å²) in [5.74, 6) is 0.0346.